The molecule has 3 aliphatic heterocycles. The van der Waals surface area contributed by atoms with Crippen molar-refractivity contribution in [3.8, 4) is 0 Å². The van der Waals surface area contributed by atoms with Gasteiger partial charge in [0.2, 0.25) is 5.28 Å². The summed E-state index contributed by atoms with van der Waals surface area (Å²) in [6.45, 7) is 7.19. The quantitative estimate of drug-likeness (QED) is 0.652. The van der Waals surface area contributed by atoms with Gasteiger partial charge in [-0.3, -0.25) is 14.8 Å². The first kappa shape index (κ1) is 20.9. The number of hydrogen-bond acceptors (Lipinski definition) is 6. The van der Waals surface area contributed by atoms with E-state index in [-0.39, 0.29) is 28.6 Å². The van der Waals surface area contributed by atoms with Gasteiger partial charge in [-0.05, 0) is 63.7 Å². The average Bonchev–Trinajstić information content (AvgIpc) is 3.11. The van der Waals surface area contributed by atoms with Gasteiger partial charge in [-0.2, -0.15) is 5.10 Å². The van der Waals surface area contributed by atoms with Gasteiger partial charge < -0.3 is 15.1 Å². The number of urea groups is 1. The lowest BCUT2D eigenvalue weighted by molar-refractivity contribution is 0.0540. The third-order valence-corrected chi connectivity index (χ3v) is 7.76. The van der Waals surface area contributed by atoms with Crippen LogP contribution in [0.3, 0.4) is 0 Å². The van der Waals surface area contributed by atoms with Crippen LogP contribution in [0.2, 0.25) is 5.28 Å². The predicted octanol–water partition coefficient (Wildman–Crippen LogP) is 2.51. The molecule has 1 aliphatic carbocycles. The van der Waals surface area contributed by atoms with Crippen LogP contribution in [0.25, 0.3) is 0 Å². The molecule has 3 fully saturated rings. The van der Waals surface area contributed by atoms with Gasteiger partial charge in [-0.15, -0.1) is 0 Å². The Morgan fingerprint density at radius 1 is 1.27 bits per heavy atom. The number of piperazine rings is 1. The number of rotatable bonds is 2. The summed E-state index contributed by atoms with van der Waals surface area (Å²) in [7, 11) is 0. The lowest BCUT2D eigenvalue weighted by Crippen LogP contribution is -2.60. The standard InChI is InChI=1S/C22H27ClN8O2/c1-12-8-16(25-20(23)24-12)19(32)26-18-15-11-31(22(5-6-22)17(15)27-28-18)21(33)30-10-14-4-3-7-29(14)9-13(30)2/h8,13-14H,3-7,9-11H2,1-2H3,(H2,26,27,28,32)/t13-,14-/m0/s1. The Morgan fingerprint density at radius 3 is 2.85 bits per heavy atom. The summed E-state index contributed by atoms with van der Waals surface area (Å²) in [6.07, 6.45) is 4.18. The van der Waals surface area contributed by atoms with E-state index in [9.17, 15) is 9.59 Å². The molecule has 33 heavy (non-hydrogen) atoms. The van der Waals surface area contributed by atoms with Crippen molar-refractivity contribution in [2.75, 3.05) is 25.0 Å². The molecular formula is C22H27ClN8O2. The number of fused-ring (bicyclic) bond motifs is 3. The fraction of sp³-hybridized carbons (Fsp3) is 0.591. The Balaban J connectivity index is 1.23. The number of aryl methyl sites for hydroxylation is 1. The number of nitrogens with zero attached hydrogens (tertiary/aromatic N) is 6. The number of amides is 3. The lowest BCUT2D eigenvalue weighted by Gasteiger charge is -2.44. The maximum Gasteiger partial charge on any atom is 0.321 e. The van der Waals surface area contributed by atoms with Gasteiger partial charge in [0.1, 0.15) is 5.69 Å². The number of hydrogen-bond donors (Lipinski definition) is 2. The van der Waals surface area contributed by atoms with E-state index < -0.39 is 5.91 Å². The van der Waals surface area contributed by atoms with E-state index >= 15 is 0 Å². The molecule has 6 rings (SSSR count). The smallest absolute Gasteiger partial charge is 0.319 e. The van der Waals surface area contributed by atoms with Crippen molar-refractivity contribution in [2.24, 2.45) is 0 Å². The molecular weight excluding hydrogens is 444 g/mol. The molecule has 2 saturated heterocycles. The van der Waals surface area contributed by atoms with E-state index in [1.165, 1.54) is 6.42 Å². The van der Waals surface area contributed by atoms with Crippen LogP contribution >= 0.6 is 11.6 Å². The van der Waals surface area contributed by atoms with Gasteiger partial charge in [0, 0.05) is 36.4 Å². The number of aromatic nitrogens is 4. The van der Waals surface area contributed by atoms with Crippen molar-refractivity contribution in [3.05, 3.63) is 34.0 Å². The van der Waals surface area contributed by atoms with Crippen LogP contribution in [0.5, 0.6) is 0 Å². The molecule has 10 nitrogen and oxygen atoms in total. The number of anilines is 1. The minimum absolute atomic E-state index is 0.0255. The van der Waals surface area contributed by atoms with Crippen LogP contribution in [-0.4, -0.2) is 78.5 Å². The normalized spacial score (nSPS) is 25.3. The second kappa shape index (κ2) is 7.39. The van der Waals surface area contributed by atoms with Crippen molar-refractivity contribution in [1.29, 1.82) is 0 Å². The summed E-state index contributed by atoms with van der Waals surface area (Å²) >= 11 is 5.91. The molecule has 0 bridgehead atoms. The number of carbonyl (C=O) groups excluding carboxylic acids is 2. The Morgan fingerprint density at radius 2 is 2.09 bits per heavy atom. The van der Waals surface area contributed by atoms with E-state index in [1.54, 1.807) is 13.0 Å². The number of halogens is 1. The van der Waals surface area contributed by atoms with Crippen LogP contribution in [0.1, 0.15) is 60.0 Å². The topological polar surface area (TPSA) is 110 Å². The highest BCUT2D eigenvalue weighted by atomic mass is 35.5. The molecule has 5 heterocycles. The summed E-state index contributed by atoms with van der Waals surface area (Å²) in [4.78, 5) is 41.1. The molecule has 0 aromatic carbocycles. The molecule has 2 aromatic rings. The van der Waals surface area contributed by atoms with Gasteiger partial charge in [0.25, 0.3) is 5.91 Å². The first-order valence-corrected chi connectivity index (χ1v) is 12.0. The van der Waals surface area contributed by atoms with E-state index in [0.717, 1.165) is 50.2 Å². The maximum absolute atomic E-state index is 13.7. The Bertz CT molecular complexity index is 1130. The van der Waals surface area contributed by atoms with Gasteiger partial charge in [0.05, 0.1) is 17.8 Å². The zero-order chi connectivity index (χ0) is 22.9. The van der Waals surface area contributed by atoms with Gasteiger partial charge in [-0.25, -0.2) is 14.8 Å². The summed E-state index contributed by atoms with van der Waals surface area (Å²) in [5.41, 5.74) is 2.27. The monoisotopic (exact) mass is 470 g/mol. The van der Waals surface area contributed by atoms with Gasteiger partial charge in [0.15, 0.2) is 5.82 Å². The van der Waals surface area contributed by atoms with Crippen LogP contribution in [0, 0.1) is 6.92 Å². The predicted molar refractivity (Wildman–Crippen MR) is 121 cm³/mol. The molecule has 2 N–H and O–H groups in total. The maximum atomic E-state index is 13.7. The Hall–Kier alpha value is -2.72. The number of nitrogens with one attached hydrogen (secondary N) is 2. The van der Waals surface area contributed by atoms with Crippen molar-refractivity contribution in [3.63, 3.8) is 0 Å². The molecule has 3 amide bonds. The van der Waals surface area contributed by atoms with Crippen LogP contribution in [0.15, 0.2) is 6.07 Å². The van der Waals surface area contributed by atoms with Crippen molar-refractivity contribution >= 4 is 29.4 Å². The lowest BCUT2D eigenvalue weighted by atomic mass is 10.1. The van der Waals surface area contributed by atoms with E-state index in [1.807, 2.05) is 4.90 Å². The SMILES string of the molecule is Cc1cc(C(=O)Nc2n[nH]c3c2CN(C(=O)N2C[C@@H]4CCCN4C[C@@H]2C)C32CC2)nc(Cl)n1. The molecule has 2 atom stereocenters. The van der Waals surface area contributed by atoms with Crippen LogP contribution in [0.4, 0.5) is 10.6 Å². The Labute approximate surface area is 196 Å². The second-order valence-corrected chi connectivity index (χ2v) is 10.1. The molecule has 0 unspecified atom stereocenters. The summed E-state index contributed by atoms with van der Waals surface area (Å²) in [6, 6.07) is 2.33. The second-order valence-electron chi connectivity index (χ2n) is 9.74. The fourth-order valence-corrected chi connectivity index (χ4v) is 5.99. The van der Waals surface area contributed by atoms with Crippen molar-refractivity contribution in [2.45, 2.75) is 63.7 Å². The van der Waals surface area contributed by atoms with Crippen LogP contribution in [-0.2, 0) is 12.1 Å². The van der Waals surface area contributed by atoms with Crippen molar-refractivity contribution < 1.29 is 9.59 Å². The molecule has 174 valence electrons. The average molecular weight is 471 g/mol. The third-order valence-electron chi connectivity index (χ3n) is 7.59. The summed E-state index contributed by atoms with van der Waals surface area (Å²) in [5.74, 6) is 0.0370. The minimum Gasteiger partial charge on any atom is -0.319 e. The highest BCUT2D eigenvalue weighted by Gasteiger charge is 2.59. The first-order valence-electron chi connectivity index (χ1n) is 11.6. The van der Waals surface area contributed by atoms with Gasteiger partial charge >= 0.3 is 6.03 Å². The molecule has 11 heteroatoms. The molecule has 1 spiro atoms. The van der Waals surface area contributed by atoms with Gasteiger partial charge in [-0.1, -0.05) is 0 Å². The van der Waals surface area contributed by atoms with E-state index in [2.05, 4.69) is 42.2 Å². The van der Waals surface area contributed by atoms with Crippen LogP contribution < -0.4 is 5.32 Å². The largest absolute Gasteiger partial charge is 0.321 e. The van der Waals surface area contributed by atoms with E-state index in [0.29, 0.717) is 24.1 Å². The zero-order valence-electron chi connectivity index (χ0n) is 18.8. The highest BCUT2D eigenvalue weighted by Crippen LogP contribution is 2.57. The zero-order valence-corrected chi connectivity index (χ0v) is 19.5. The molecule has 1 saturated carbocycles. The molecule has 4 aliphatic rings. The number of aromatic amines is 1. The molecule has 0 radical (unpaired) electrons. The minimum atomic E-state index is -0.405. The Kier molecular flexibility index (Phi) is 4.67. The van der Waals surface area contributed by atoms with Crippen molar-refractivity contribution in [1.82, 2.24) is 34.9 Å². The molecule has 2 aromatic heterocycles. The fourth-order valence-electron chi connectivity index (χ4n) is 5.77. The summed E-state index contributed by atoms with van der Waals surface area (Å²) in [5, 5.41) is 10.3. The highest BCUT2D eigenvalue weighted by molar-refractivity contribution is 6.28. The third kappa shape index (κ3) is 3.30. The summed E-state index contributed by atoms with van der Waals surface area (Å²) < 4.78 is 0. The first-order chi connectivity index (χ1) is 15.9. The number of H-pyrrole nitrogens is 1. The number of carbonyl (C=O) groups is 2. The van der Waals surface area contributed by atoms with E-state index in [4.69, 9.17) is 11.6 Å².